The van der Waals surface area contributed by atoms with E-state index in [-0.39, 0.29) is 6.10 Å². The Labute approximate surface area is 121 Å². The molecule has 0 radical (unpaired) electrons. The summed E-state index contributed by atoms with van der Waals surface area (Å²) >= 11 is 5.99. The fourth-order valence-corrected chi connectivity index (χ4v) is 2.50. The van der Waals surface area contributed by atoms with E-state index in [9.17, 15) is 0 Å². The minimum Gasteiger partial charge on any atom is -0.489 e. The predicted molar refractivity (Wildman–Crippen MR) is 81.0 cm³/mol. The van der Waals surface area contributed by atoms with Crippen LogP contribution in [0.3, 0.4) is 0 Å². The number of hydrogen-bond acceptors (Lipinski definition) is 2. The first kappa shape index (κ1) is 14.7. The van der Waals surface area contributed by atoms with Crippen LogP contribution in [0.4, 0.5) is 0 Å². The molecule has 2 unspecified atom stereocenters. The van der Waals surface area contributed by atoms with Gasteiger partial charge in [0.2, 0.25) is 0 Å². The maximum Gasteiger partial charge on any atom is 0.121 e. The molecule has 1 aromatic rings. The van der Waals surface area contributed by atoms with Crippen LogP contribution in [0.5, 0.6) is 5.75 Å². The van der Waals surface area contributed by atoms with Gasteiger partial charge in [-0.25, -0.2) is 0 Å². The Morgan fingerprint density at radius 3 is 2.84 bits per heavy atom. The van der Waals surface area contributed by atoms with Crippen molar-refractivity contribution in [1.29, 1.82) is 0 Å². The molecule has 1 aliphatic carbocycles. The third kappa shape index (κ3) is 5.04. The topological polar surface area (TPSA) is 21.3 Å². The molecule has 1 saturated carbocycles. The van der Waals surface area contributed by atoms with Gasteiger partial charge in [-0.2, -0.15) is 0 Å². The van der Waals surface area contributed by atoms with Crippen LogP contribution < -0.4 is 10.1 Å². The lowest BCUT2D eigenvalue weighted by Gasteiger charge is -2.26. The van der Waals surface area contributed by atoms with Crippen LogP contribution in [0.25, 0.3) is 0 Å². The fourth-order valence-electron chi connectivity index (χ4n) is 2.32. The van der Waals surface area contributed by atoms with Gasteiger partial charge in [0.25, 0.3) is 0 Å². The van der Waals surface area contributed by atoms with Crippen molar-refractivity contribution in [1.82, 2.24) is 5.32 Å². The molecule has 0 spiro atoms. The zero-order valence-corrected chi connectivity index (χ0v) is 12.6. The lowest BCUT2D eigenvalue weighted by atomic mass is 10.1. The summed E-state index contributed by atoms with van der Waals surface area (Å²) in [6.07, 6.45) is 5.32. The molecule has 2 nitrogen and oxygen atoms in total. The summed E-state index contributed by atoms with van der Waals surface area (Å²) in [5.41, 5.74) is 0. The Hall–Kier alpha value is -0.730. The third-order valence-electron chi connectivity index (χ3n) is 3.63. The van der Waals surface area contributed by atoms with Crippen molar-refractivity contribution in [2.45, 2.75) is 51.7 Å². The molecular formula is C16H24ClNO. The minimum absolute atomic E-state index is 0.172. The maximum absolute atomic E-state index is 6.04. The normalized spacial score (nSPS) is 18.1. The van der Waals surface area contributed by atoms with Gasteiger partial charge in [-0.3, -0.25) is 0 Å². The Morgan fingerprint density at radius 1 is 1.42 bits per heavy atom. The number of halogens is 1. The van der Waals surface area contributed by atoms with Gasteiger partial charge in [-0.1, -0.05) is 37.4 Å². The average molecular weight is 282 g/mol. The highest BCUT2D eigenvalue weighted by molar-refractivity contribution is 6.30. The SMILES string of the molecule is CCCNC(CC1CC1)C(C)Oc1cccc(Cl)c1. The summed E-state index contributed by atoms with van der Waals surface area (Å²) in [7, 11) is 0. The van der Waals surface area contributed by atoms with E-state index in [2.05, 4.69) is 19.2 Å². The monoisotopic (exact) mass is 281 g/mol. The first-order valence-electron chi connectivity index (χ1n) is 7.34. The Bertz CT molecular complexity index is 392. The number of ether oxygens (including phenoxy) is 1. The molecule has 1 N–H and O–H groups in total. The van der Waals surface area contributed by atoms with E-state index in [1.165, 1.54) is 19.3 Å². The van der Waals surface area contributed by atoms with Crippen molar-refractivity contribution in [3.63, 3.8) is 0 Å². The number of hydrogen-bond donors (Lipinski definition) is 1. The van der Waals surface area contributed by atoms with Gasteiger partial charge in [0.15, 0.2) is 0 Å². The van der Waals surface area contributed by atoms with Crippen molar-refractivity contribution < 1.29 is 4.74 Å². The van der Waals surface area contributed by atoms with Gasteiger partial charge < -0.3 is 10.1 Å². The van der Waals surface area contributed by atoms with E-state index in [1.54, 1.807) is 0 Å². The molecule has 0 bridgehead atoms. The molecular weight excluding hydrogens is 258 g/mol. The summed E-state index contributed by atoms with van der Waals surface area (Å²) in [5, 5.41) is 4.34. The highest BCUT2D eigenvalue weighted by Crippen LogP contribution is 2.34. The van der Waals surface area contributed by atoms with Crippen molar-refractivity contribution in [2.24, 2.45) is 5.92 Å². The van der Waals surface area contributed by atoms with Crippen LogP contribution in [0, 0.1) is 5.92 Å². The van der Waals surface area contributed by atoms with Crippen molar-refractivity contribution in [3.8, 4) is 5.75 Å². The summed E-state index contributed by atoms with van der Waals surface area (Å²) in [4.78, 5) is 0. The molecule has 0 aliphatic heterocycles. The molecule has 1 aliphatic rings. The average Bonchev–Trinajstić information content (AvgIpc) is 3.18. The van der Waals surface area contributed by atoms with Gasteiger partial charge in [0, 0.05) is 11.1 Å². The van der Waals surface area contributed by atoms with Gasteiger partial charge >= 0.3 is 0 Å². The first-order valence-corrected chi connectivity index (χ1v) is 7.72. The highest BCUT2D eigenvalue weighted by Gasteiger charge is 2.28. The van der Waals surface area contributed by atoms with Crippen LogP contribution in [0.15, 0.2) is 24.3 Å². The van der Waals surface area contributed by atoms with E-state index >= 15 is 0 Å². The molecule has 2 rings (SSSR count). The van der Waals surface area contributed by atoms with Gasteiger partial charge in [-0.05, 0) is 50.4 Å². The zero-order chi connectivity index (χ0) is 13.7. The van der Waals surface area contributed by atoms with Crippen LogP contribution in [-0.2, 0) is 0 Å². The summed E-state index contributed by atoms with van der Waals surface area (Å²) in [6.45, 7) is 5.40. The van der Waals surface area contributed by atoms with Crippen LogP contribution >= 0.6 is 11.6 Å². The second-order valence-corrected chi connectivity index (χ2v) is 5.96. The van der Waals surface area contributed by atoms with Crippen molar-refractivity contribution in [3.05, 3.63) is 29.3 Å². The molecule has 0 heterocycles. The molecule has 0 aromatic heterocycles. The second kappa shape index (κ2) is 7.16. The molecule has 2 atom stereocenters. The molecule has 3 heteroatoms. The molecule has 1 aromatic carbocycles. The first-order chi connectivity index (χ1) is 9.19. The third-order valence-corrected chi connectivity index (χ3v) is 3.86. The minimum atomic E-state index is 0.172. The van der Waals surface area contributed by atoms with E-state index in [0.29, 0.717) is 6.04 Å². The molecule has 1 fully saturated rings. The quantitative estimate of drug-likeness (QED) is 0.768. The lowest BCUT2D eigenvalue weighted by Crippen LogP contribution is -2.42. The van der Waals surface area contributed by atoms with E-state index in [4.69, 9.17) is 16.3 Å². The van der Waals surface area contributed by atoms with Crippen LogP contribution in [-0.4, -0.2) is 18.7 Å². The Kier molecular flexibility index (Phi) is 5.53. The molecule has 0 amide bonds. The molecule has 0 saturated heterocycles. The van der Waals surface area contributed by atoms with Crippen molar-refractivity contribution in [2.75, 3.05) is 6.54 Å². The Balaban J connectivity index is 1.91. The van der Waals surface area contributed by atoms with E-state index < -0.39 is 0 Å². The van der Waals surface area contributed by atoms with Gasteiger partial charge in [-0.15, -0.1) is 0 Å². The summed E-state index contributed by atoms with van der Waals surface area (Å²) in [5.74, 6) is 1.76. The highest BCUT2D eigenvalue weighted by atomic mass is 35.5. The second-order valence-electron chi connectivity index (χ2n) is 5.52. The maximum atomic E-state index is 6.04. The van der Waals surface area contributed by atoms with Crippen LogP contribution in [0.1, 0.15) is 39.5 Å². The molecule has 19 heavy (non-hydrogen) atoms. The Morgan fingerprint density at radius 2 is 2.21 bits per heavy atom. The fraction of sp³-hybridized carbons (Fsp3) is 0.625. The summed E-state index contributed by atoms with van der Waals surface area (Å²) < 4.78 is 6.04. The number of benzene rings is 1. The number of rotatable bonds is 8. The number of nitrogens with one attached hydrogen (secondary N) is 1. The van der Waals surface area contributed by atoms with E-state index in [0.717, 1.165) is 29.7 Å². The van der Waals surface area contributed by atoms with E-state index in [1.807, 2.05) is 24.3 Å². The van der Waals surface area contributed by atoms with Gasteiger partial charge in [0.05, 0.1) is 0 Å². The zero-order valence-electron chi connectivity index (χ0n) is 11.9. The van der Waals surface area contributed by atoms with Crippen LogP contribution in [0.2, 0.25) is 5.02 Å². The largest absolute Gasteiger partial charge is 0.489 e. The van der Waals surface area contributed by atoms with Crippen molar-refractivity contribution >= 4 is 11.6 Å². The molecule has 106 valence electrons. The lowest BCUT2D eigenvalue weighted by molar-refractivity contribution is 0.161. The summed E-state index contributed by atoms with van der Waals surface area (Å²) in [6, 6.07) is 8.09. The standard InChI is InChI=1S/C16H24ClNO/c1-3-9-18-16(10-13-7-8-13)12(2)19-15-6-4-5-14(17)11-15/h4-6,11-13,16,18H,3,7-10H2,1-2H3. The van der Waals surface area contributed by atoms with Gasteiger partial charge in [0.1, 0.15) is 11.9 Å². The predicted octanol–water partition coefficient (Wildman–Crippen LogP) is 4.28. The smallest absolute Gasteiger partial charge is 0.121 e.